The van der Waals surface area contributed by atoms with Gasteiger partial charge in [0, 0.05) is 17.5 Å². The summed E-state index contributed by atoms with van der Waals surface area (Å²) in [5.74, 6) is -3.90. The number of anilines is 1. The number of carbonyl (C=O) groups is 2. The molecule has 0 unspecified atom stereocenters. The van der Waals surface area contributed by atoms with Crippen LogP contribution < -0.4 is 4.90 Å². The molecule has 2 heterocycles. The second-order valence-electron chi connectivity index (χ2n) is 3.71. The summed E-state index contributed by atoms with van der Waals surface area (Å²) in [6.07, 6.45) is 3.20. The van der Waals surface area contributed by atoms with E-state index in [0.717, 1.165) is 18.2 Å². The fraction of sp³-hybridized carbons (Fsp3) is 0. The quantitative estimate of drug-likeness (QED) is 0.727. The van der Waals surface area contributed by atoms with Gasteiger partial charge in [-0.2, -0.15) is 0 Å². The van der Waals surface area contributed by atoms with Crippen molar-refractivity contribution < 1.29 is 22.8 Å². The van der Waals surface area contributed by atoms with Crippen LogP contribution in [0.3, 0.4) is 0 Å². The van der Waals surface area contributed by atoms with Gasteiger partial charge in [0.15, 0.2) is 17.2 Å². The molecule has 3 rings (SSSR count). The van der Waals surface area contributed by atoms with Gasteiger partial charge in [0.05, 0.1) is 6.26 Å². The average Bonchev–Trinajstić information content (AvgIpc) is 2.90. The number of imide groups is 1. The molecule has 1 aliphatic heterocycles. The first-order valence-electron chi connectivity index (χ1n) is 5.01. The molecule has 0 spiro atoms. The van der Waals surface area contributed by atoms with Crippen molar-refractivity contribution in [2.75, 3.05) is 4.90 Å². The van der Waals surface area contributed by atoms with Crippen molar-refractivity contribution in [3.8, 4) is 0 Å². The van der Waals surface area contributed by atoms with Crippen LogP contribution in [0.4, 0.5) is 14.5 Å². The molecule has 2 aromatic rings. The zero-order valence-corrected chi connectivity index (χ0v) is 8.81. The standard InChI is InChI=1S/C12H5F2NO3/c13-7-5-6-3-4-18-12(6)11(10(7)14)15-8(16)1-2-9(15)17/h1-5H. The second kappa shape index (κ2) is 3.49. The third-order valence-electron chi connectivity index (χ3n) is 2.64. The van der Waals surface area contributed by atoms with Crippen molar-refractivity contribution in [3.05, 3.63) is 42.2 Å². The number of rotatable bonds is 1. The zero-order valence-electron chi connectivity index (χ0n) is 8.81. The maximum Gasteiger partial charge on any atom is 0.258 e. The molecule has 1 aromatic heterocycles. The molecule has 0 saturated carbocycles. The molecular weight excluding hydrogens is 244 g/mol. The fourth-order valence-electron chi connectivity index (χ4n) is 1.86. The van der Waals surface area contributed by atoms with Crippen LogP contribution in [0, 0.1) is 11.6 Å². The number of nitrogens with zero attached hydrogens (tertiary/aromatic N) is 1. The predicted molar refractivity (Wildman–Crippen MR) is 57.8 cm³/mol. The molecule has 18 heavy (non-hydrogen) atoms. The molecule has 0 saturated heterocycles. The van der Waals surface area contributed by atoms with E-state index in [2.05, 4.69) is 0 Å². The number of fused-ring (bicyclic) bond motifs is 1. The fourth-order valence-corrected chi connectivity index (χ4v) is 1.86. The highest BCUT2D eigenvalue weighted by molar-refractivity contribution is 6.29. The first-order chi connectivity index (χ1) is 8.59. The Morgan fingerprint density at radius 2 is 1.78 bits per heavy atom. The van der Waals surface area contributed by atoms with E-state index in [1.54, 1.807) is 0 Å². The SMILES string of the molecule is O=C1C=CC(=O)N1c1c(F)c(F)cc2ccoc12. The number of carbonyl (C=O) groups excluding carboxylic acids is 2. The van der Waals surface area contributed by atoms with Crippen LogP contribution in [0.25, 0.3) is 11.0 Å². The van der Waals surface area contributed by atoms with E-state index >= 15 is 0 Å². The van der Waals surface area contributed by atoms with Crippen molar-refractivity contribution in [1.29, 1.82) is 0 Å². The van der Waals surface area contributed by atoms with Gasteiger partial charge in [0.1, 0.15) is 5.69 Å². The first kappa shape index (κ1) is 10.6. The van der Waals surface area contributed by atoms with Gasteiger partial charge in [0.2, 0.25) is 0 Å². The summed E-state index contributed by atoms with van der Waals surface area (Å²) in [6.45, 7) is 0. The van der Waals surface area contributed by atoms with Crippen LogP contribution in [0.2, 0.25) is 0 Å². The third-order valence-corrected chi connectivity index (χ3v) is 2.64. The lowest BCUT2D eigenvalue weighted by Crippen LogP contribution is -2.30. The van der Waals surface area contributed by atoms with Crippen LogP contribution in [0.15, 0.2) is 35.0 Å². The van der Waals surface area contributed by atoms with E-state index in [-0.39, 0.29) is 11.0 Å². The molecule has 4 nitrogen and oxygen atoms in total. The Labute approximate surface area is 99.1 Å². The lowest BCUT2D eigenvalue weighted by molar-refractivity contribution is -0.120. The number of amides is 2. The maximum absolute atomic E-state index is 13.8. The molecule has 6 heteroatoms. The summed E-state index contributed by atoms with van der Waals surface area (Å²) in [6, 6.07) is 2.36. The molecule has 0 fully saturated rings. The van der Waals surface area contributed by atoms with E-state index in [1.165, 1.54) is 12.3 Å². The highest BCUT2D eigenvalue weighted by Crippen LogP contribution is 2.34. The lowest BCUT2D eigenvalue weighted by Gasteiger charge is -2.15. The Hall–Kier alpha value is -2.50. The van der Waals surface area contributed by atoms with E-state index < -0.39 is 29.1 Å². The maximum atomic E-state index is 13.8. The topological polar surface area (TPSA) is 50.5 Å². The van der Waals surface area contributed by atoms with Gasteiger partial charge >= 0.3 is 0 Å². The molecule has 0 aliphatic carbocycles. The Bertz CT molecular complexity index is 699. The molecule has 0 radical (unpaired) electrons. The smallest absolute Gasteiger partial charge is 0.258 e. The highest BCUT2D eigenvalue weighted by atomic mass is 19.2. The summed E-state index contributed by atoms with van der Waals surface area (Å²) in [5, 5.41) is 0.274. The summed E-state index contributed by atoms with van der Waals surface area (Å²) in [5.41, 5.74) is -0.533. The van der Waals surface area contributed by atoms with Crippen LogP contribution in [0.5, 0.6) is 0 Å². The monoisotopic (exact) mass is 249 g/mol. The van der Waals surface area contributed by atoms with Crippen molar-refractivity contribution in [1.82, 2.24) is 0 Å². The second-order valence-corrected chi connectivity index (χ2v) is 3.71. The van der Waals surface area contributed by atoms with Gasteiger partial charge in [0.25, 0.3) is 11.8 Å². The predicted octanol–water partition coefficient (Wildman–Crippen LogP) is 2.14. The molecule has 0 bridgehead atoms. The van der Waals surface area contributed by atoms with Crippen LogP contribution in [0.1, 0.15) is 0 Å². The molecule has 1 aromatic carbocycles. The molecule has 2 amide bonds. The average molecular weight is 249 g/mol. The van der Waals surface area contributed by atoms with Crippen LogP contribution in [-0.2, 0) is 9.59 Å². The van der Waals surface area contributed by atoms with Gasteiger partial charge < -0.3 is 4.42 Å². The Morgan fingerprint density at radius 3 is 2.44 bits per heavy atom. The van der Waals surface area contributed by atoms with Gasteiger partial charge in [-0.3, -0.25) is 9.59 Å². The molecule has 90 valence electrons. The van der Waals surface area contributed by atoms with Crippen LogP contribution >= 0.6 is 0 Å². The summed E-state index contributed by atoms with van der Waals surface area (Å²) in [4.78, 5) is 23.5. The van der Waals surface area contributed by atoms with Crippen molar-refractivity contribution in [3.63, 3.8) is 0 Å². The first-order valence-corrected chi connectivity index (χ1v) is 5.01. The van der Waals surface area contributed by atoms with Crippen LogP contribution in [-0.4, -0.2) is 11.8 Å². The van der Waals surface area contributed by atoms with Crippen molar-refractivity contribution >= 4 is 28.5 Å². The number of hydrogen-bond acceptors (Lipinski definition) is 3. The highest BCUT2D eigenvalue weighted by Gasteiger charge is 2.32. The summed E-state index contributed by atoms with van der Waals surface area (Å²) >= 11 is 0. The van der Waals surface area contributed by atoms with Crippen molar-refractivity contribution in [2.24, 2.45) is 0 Å². The third kappa shape index (κ3) is 1.29. The van der Waals surface area contributed by atoms with Gasteiger partial charge in [-0.25, -0.2) is 13.7 Å². The number of benzene rings is 1. The molecule has 0 N–H and O–H groups in total. The van der Waals surface area contributed by atoms with Gasteiger partial charge in [-0.1, -0.05) is 0 Å². The minimum atomic E-state index is -1.29. The molecule has 1 aliphatic rings. The zero-order chi connectivity index (χ0) is 12.9. The van der Waals surface area contributed by atoms with E-state index in [1.807, 2.05) is 0 Å². The van der Waals surface area contributed by atoms with Gasteiger partial charge in [-0.05, 0) is 12.1 Å². The number of halogens is 2. The van der Waals surface area contributed by atoms with Gasteiger partial charge in [-0.15, -0.1) is 0 Å². The summed E-state index contributed by atoms with van der Waals surface area (Å²) < 4.78 is 32.2. The number of hydrogen-bond donors (Lipinski definition) is 0. The summed E-state index contributed by atoms with van der Waals surface area (Å²) in [7, 11) is 0. The van der Waals surface area contributed by atoms with E-state index in [0.29, 0.717) is 4.90 Å². The molecular formula is C12H5F2NO3. The van der Waals surface area contributed by atoms with E-state index in [4.69, 9.17) is 4.42 Å². The Morgan fingerprint density at radius 1 is 1.11 bits per heavy atom. The Balaban J connectivity index is 2.34. The lowest BCUT2D eigenvalue weighted by atomic mass is 10.2. The Kier molecular flexibility index (Phi) is 2.07. The largest absolute Gasteiger partial charge is 0.462 e. The van der Waals surface area contributed by atoms with E-state index in [9.17, 15) is 18.4 Å². The van der Waals surface area contributed by atoms with Crippen molar-refractivity contribution in [2.45, 2.75) is 0 Å². The molecule has 0 atom stereocenters. The number of furan rings is 1. The normalized spacial score (nSPS) is 15.1. The minimum absolute atomic E-state index is 0.0423. The minimum Gasteiger partial charge on any atom is -0.462 e.